The van der Waals surface area contributed by atoms with Crippen molar-refractivity contribution in [1.82, 2.24) is 9.88 Å². The zero-order valence-corrected chi connectivity index (χ0v) is 16.1. The lowest BCUT2D eigenvalue weighted by Crippen LogP contribution is -2.60. The molecule has 0 spiro atoms. The molecule has 0 saturated carbocycles. The summed E-state index contributed by atoms with van der Waals surface area (Å²) in [5, 5.41) is 2.21. The Morgan fingerprint density at radius 3 is 3.04 bits per heavy atom. The van der Waals surface area contributed by atoms with Gasteiger partial charge in [0.05, 0.1) is 29.0 Å². The van der Waals surface area contributed by atoms with Gasteiger partial charge in [-0.2, -0.15) is 0 Å². The van der Waals surface area contributed by atoms with Gasteiger partial charge >= 0.3 is 0 Å². The number of fused-ring (bicyclic) bond motifs is 1. The zero-order chi connectivity index (χ0) is 17.6. The van der Waals surface area contributed by atoms with Gasteiger partial charge in [0.2, 0.25) is 0 Å². The van der Waals surface area contributed by atoms with Crippen LogP contribution in [0.3, 0.4) is 0 Å². The van der Waals surface area contributed by atoms with Gasteiger partial charge < -0.3 is 9.64 Å². The van der Waals surface area contributed by atoms with Crippen LogP contribution in [0.1, 0.15) is 21.8 Å². The molecular formula is C16H18N2O4S3. The minimum Gasteiger partial charge on any atom is -0.380 e. The number of carbonyl (C=O) groups excluding carboxylic acids is 1. The highest BCUT2D eigenvalue weighted by Crippen LogP contribution is 2.34. The fourth-order valence-corrected chi connectivity index (χ4v) is 7.06. The van der Waals surface area contributed by atoms with Gasteiger partial charge in [0.1, 0.15) is 15.1 Å². The fourth-order valence-electron chi connectivity index (χ4n) is 3.43. The monoisotopic (exact) mass is 398 g/mol. The van der Waals surface area contributed by atoms with Crippen molar-refractivity contribution in [1.29, 1.82) is 0 Å². The van der Waals surface area contributed by atoms with E-state index in [-0.39, 0.29) is 30.9 Å². The molecule has 0 unspecified atom stereocenters. The highest BCUT2D eigenvalue weighted by atomic mass is 32.2. The molecule has 0 bridgehead atoms. The average Bonchev–Trinajstić information content (AvgIpc) is 3.24. The number of hydrogen-bond donors (Lipinski definition) is 0. The Bertz CT molecular complexity index is 889. The number of thiophene rings is 1. The van der Waals surface area contributed by atoms with E-state index in [1.165, 1.54) is 11.3 Å². The highest BCUT2D eigenvalue weighted by molar-refractivity contribution is 7.92. The number of sulfone groups is 1. The summed E-state index contributed by atoms with van der Waals surface area (Å²) in [5.41, 5.74) is 0.704. The van der Waals surface area contributed by atoms with E-state index in [4.69, 9.17) is 4.74 Å². The van der Waals surface area contributed by atoms with Crippen LogP contribution < -0.4 is 0 Å². The van der Waals surface area contributed by atoms with Crippen molar-refractivity contribution < 1.29 is 17.9 Å². The number of thiazole rings is 1. The quantitative estimate of drug-likeness (QED) is 0.775. The van der Waals surface area contributed by atoms with Crippen LogP contribution in [0.5, 0.6) is 0 Å². The summed E-state index contributed by atoms with van der Waals surface area (Å²) in [7, 11) is -3.20. The molecule has 4 rings (SSSR count). The summed E-state index contributed by atoms with van der Waals surface area (Å²) in [4.78, 5) is 21.0. The molecule has 0 aromatic carbocycles. The number of carbonyl (C=O) groups is 1. The molecule has 9 heteroatoms. The topological polar surface area (TPSA) is 76.6 Å². The molecule has 2 atom stereocenters. The molecule has 1 amide bonds. The zero-order valence-electron chi connectivity index (χ0n) is 13.7. The Kier molecular flexibility index (Phi) is 4.43. The Morgan fingerprint density at radius 1 is 1.44 bits per heavy atom. The number of ether oxygens (including phenoxy) is 1. The summed E-state index contributed by atoms with van der Waals surface area (Å²) in [6.45, 7) is 2.75. The second-order valence-corrected chi connectivity index (χ2v) is 10.5. The van der Waals surface area contributed by atoms with Crippen LogP contribution in [0, 0.1) is 6.92 Å². The van der Waals surface area contributed by atoms with E-state index >= 15 is 0 Å². The van der Waals surface area contributed by atoms with Crippen LogP contribution in [0.25, 0.3) is 9.88 Å². The predicted octanol–water partition coefficient (Wildman–Crippen LogP) is 2.21. The Labute approximate surface area is 154 Å². The van der Waals surface area contributed by atoms with E-state index in [1.54, 1.807) is 16.2 Å². The standard InChI is InChI=1S/C16H18N2O4S3/c1-10-14(24-15(17-10)12-3-2-7-23-12)16(19)18-5-8-25(20,21)13-9-22-6-4-11(13)18/h2-3,7,11,13H,4-6,8-9H2,1H3/t11-,13+/m1/s1. The first-order valence-corrected chi connectivity index (χ1v) is 11.5. The second kappa shape index (κ2) is 6.46. The second-order valence-electron chi connectivity index (χ2n) is 6.25. The number of hydrogen-bond acceptors (Lipinski definition) is 7. The van der Waals surface area contributed by atoms with Crippen molar-refractivity contribution in [3.05, 3.63) is 28.1 Å². The van der Waals surface area contributed by atoms with E-state index < -0.39 is 15.1 Å². The molecule has 6 nitrogen and oxygen atoms in total. The highest BCUT2D eigenvalue weighted by Gasteiger charge is 2.45. The minimum absolute atomic E-state index is 0.00109. The molecule has 2 aliphatic rings. The first-order chi connectivity index (χ1) is 12.0. The Hall–Kier alpha value is -1.29. The van der Waals surface area contributed by atoms with Gasteiger partial charge in [-0.25, -0.2) is 13.4 Å². The smallest absolute Gasteiger partial charge is 0.266 e. The van der Waals surface area contributed by atoms with Crippen molar-refractivity contribution in [3.63, 3.8) is 0 Å². The maximum atomic E-state index is 13.1. The van der Waals surface area contributed by atoms with Crippen molar-refractivity contribution >= 4 is 38.4 Å². The van der Waals surface area contributed by atoms with Crippen LogP contribution in [-0.2, 0) is 14.6 Å². The van der Waals surface area contributed by atoms with Gasteiger partial charge in [0.15, 0.2) is 9.84 Å². The van der Waals surface area contributed by atoms with Crippen LogP contribution in [-0.4, -0.2) is 61.0 Å². The summed E-state index contributed by atoms with van der Waals surface area (Å²) in [6.07, 6.45) is 0.561. The summed E-state index contributed by atoms with van der Waals surface area (Å²) in [6, 6.07) is 3.64. The van der Waals surface area contributed by atoms with Gasteiger partial charge in [-0.05, 0) is 24.8 Å². The van der Waals surface area contributed by atoms with Gasteiger partial charge in [-0.15, -0.1) is 22.7 Å². The van der Waals surface area contributed by atoms with Gasteiger partial charge in [0, 0.05) is 13.2 Å². The largest absolute Gasteiger partial charge is 0.380 e. The maximum absolute atomic E-state index is 13.1. The average molecular weight is 399 g/mol. The predicted molar refractivity (Wildman–Crippen MR) is 98.0 cm³/mol. The molecule has 2 fully saturated rings. The number of aromatic nitrogens is 1. The number of rotatable bonds is 2. The number of amides is 1. The van der Waals surface area contributed by atoms with Gasteiger partial charge in [-0.1, -0.05) is 6.07 Å². The van der Waals surface area contributed by atoms with Crippen LogP contribution >= 0.6 is 22.7 Å². The van der Waals surface area contributed by atoms with Gasteiger partial charge in [-0.3, -0.25) is 4.79 Å². The van der Waals surface area contributed by atoms with Crippen LogP contribution in [0.15, 0.2) is 17.5 Å². The molecule has 2 aromatic rings. The van der Waals surface area contributed by atoms with E-state index in [0.29, 0.717) is 23.6 Å². The molecule has 2 aliphatic heterocycles. The van der Waals surface area contributed by atoms with Crippen molar-refractivity contribution in [3.8, 4) is 9.88 Å². The van der Waals surface area contributed by atoms with Gasteiger partial charge in [0.25, 0.3) is 5.91 Å². The molecule has 4 heterocycles. The van der Waals surface area contributed by atoms with Crippen molar-refractivity contribution in [2.45, 2.75) is 24.6 Å². The molecular weight excluding hydrogens is 380 g/mol. The molecule has 0 radical (unpaired) electrons. The summed E-state index contributed by atoms with van der Waals surface area (Å²) < 4.78 is 30.0. The fraction of sp³-hybridized carbons (Fsp3) is 0.500. The Morgan fingerprint density at radius 2 is 2.28 bits per heavy atom. The molecule has 25 heavy (non-hydrogen) atoms. The molecule has 134 valence electrons. The minimum atomic E-state index is -3.20. The lowest BCUT2D eigenvalue weighted by Gasteiger charge is -2.43. The van der Waals surface area contributed by atoms with E-state index in [1.807, 2.05) is 24.4 Å². The summed E-state index contributed by atoms with van der Waals surface area (Å²) in [5.74, 6) is -0.108. The van der Waals surface area contributed by atoms with Crippen molar-refractivity contribution in [2.24, 2.45) is 0 Å². The maximum Gasteiger partial charge on any atom is 0.266 e. The van der Waals surface area contributed by atoms with E-state index in [2.05, 4.69) is 4.98 Å². The third-order valence-electron chi connectivity index (χ3n) is 4.73. The van der Waals surface area contributed by atoms with E-state index in [0.717, 1.165) is 9.88 Å². The first-order valence-electron chi connectivity index (χ1n) is 8.09. The summed E-state index contributed by atoms with van der Waals surface area (Å²) >= 11 is 2.98. The number of aryl methyl sites for hydroxylation is 1. The van der Waals surface area contributed by atoms with E-state index in [9.17, 15) is 13.2 Å². The Balaban J connectivity index is 1.65. The van der Waals surface area contributed by atoms with Crippen molar-refractivity contribution in [2.75, 3.05) is 25.5 Å². The third kappa shape index (κ3) is 3.03. The third-order valence-corrected chi connectivity index (χ3v) is 9.04. The van der Waals surface area contributed by atoms with Crippen LogP contribution in [0.2, 0.25) is 0 Å². The van der Waals surface area contributed by atoms with Crippen LogP contribution in [0.4, 0.5) is 0 Å². The molecule has 2 saturated heterocycles. The lowest BCUT2D eigenvalue weighted by molar-refractivity contribution is 0.0296. The molecule has 0 aliphatic carbocycles. The molecule has 2 aromatic heterocycles. The lowest BCUT2D eigenvalue weighted by atomic mass is 10.1. The SMILES string of the molecule is Cc1nc(-c2cccs2)sc1C(=O)N1CCS(=O)(=O)[C@H]2COCC[C@H]21. The molecule has 0 N–H and O–H groups in total. The normalized spacial score (nSPS) is 25.6. The number of nitrogens with zero attached hydrogens (tertiary/aromatic N) is 2. The first kappa shape index (κ1) is 17.1.